The van der Waals surface area contributed by atoms with Gasteiger partial charge in [-0.05, 0) is 45.4 Å². The number of aromatic nitrogens is 2. The molecule has 2 aromatic rings. The average molecular weight is 279 g/mol. The number of anilines is 1. The van der Waals surface area contributed by atoms with E-state index in [2.05, 4.69) is 10.4 Å². The molecule has 0 aliphatic rings. The van der Waals surface area contributed by atoms with Crippen molar-refractivity contribution in [3.05, 3.63) is 47.3 Å². The van der Waals surface area contributed by atoms with Crippen molar-refractivity contribution >= 4 is 5.69 Å². The van der Waals surface area contributed by atoms with E-state index in [1.807, 2.05) is 20.0 Å². The molecule has 1 heterocycles. The highest BCUT2D eigenvalue weighted by Crippen LogP contribution is 2.24. The normalized spacial score (nSPS) is 12.8. The van der Waals surface area contributed by atoms with Gasteiger partial charge in [-0.2, -0.15) is 5.10 Å². The van der Waals surface area contributed by atoms with Gasteiger partial charge in [0.2, 0.25) is 0 Å². The first-order chi connectivity index (χ1) is 9.38. The van der Waals surface area contributed by atoms with Gasteiger partial charge in [0.1, 0.15) is 11.6 Å². The monoisotopic (exact) mass is 279 g/mol. The Kier molecular flexibility index (Phi) is 4.06. The first kappa shape index (κ1) is 14.5. The van der Waals surface area contributed by atoms with Crippen LogP contribution >= 0.6 is 0 Å². The first-order valence-electron chi connectivity index (χ1n) is 6.64. The number of hydrogen-bond donors (Lipinski definition) is 1. The van der Waals surface area contributed by atoms with Crippen LogP contribution in [-0.2, 0) is 0 Å². The number of benzene rings is 1. The third kappa shape index (κ3) is 2.98. The molecule has 0 amide bonds. The molecule has 0 radical (unpaired) electrons. The zero-order valence-corrected chi connectivity index (χ0v) is 12.1. The number of halogens is 2. The lowest BCUT2D eigenvalue weighted by Gasteiger charge is -2.16. The highest BCUT2D eigenvalue weighted by atomic mass is 19.1. The quantitative estimate of drug-likeness (QED) is 0.908. The minimum absolute atomic E-state index is 0.259. The fourth-order valence-corrected chi connectivity index (χ4v) is 2.02. The van der Waals surface area contributed by atoms with E-state index in [0.717, 1.165) is 5.69 Å². The molecule has 3 nitrogen and oxygen atoms in total. The third-order valence-corrected chi connectivity index (χ3v) is 3.26. The van der Waals surface area contributed by atoms with Crippen LogP contribution < -0.4 is 5.32 Å². The van der Waals surface area contributed by atoms with Gasteiger partial charge in [0, 0.05) is 17.8 Å². The van der Waals surface area contributed by atoms with Gasteiger partial charge in [-0.15, -0.1) is 0 Å². The van der Waals surface area contributed by atoms with Crippen molar-refractivity contribution in [2.75, 3.05) is 5.32 Å². The second kappa shape index (κ2) is 5.61. The van der Waals surface area contributed by atoms with Crippen molar-refractivity contribution in [3.8, 4) is 0 Å². The number of aryl methyl sites for hydroxylation is 1. The number of nitrogens with one attached hydrogen (secondary N) is 1. The molecular weight excluding hydrogens is 260 g/mol. The second-order valence-corrected chi connectivity index (χ2v) is 5.29. The molecular formula is C15H19F2N3. The van der Waals surface area contributed by atoms with Crippen molar-refractivity contribution in [3.63, 3.8) is 0 Å². The van der Waals surface area contributed by atoms with E-state index in [-0.39, 0.29) is 12.1 Å². The summed E-state index contributed by atoms with van der Waals surface area (Å²) < 4.78 is 29.3. The Bertz CT molecular complexity index is 605. The van der Waals surface area contributed by atoms with E-state index < -0.39 is 11.6 Å². The van der Waals surface area contributed by atoms with Crippen LogP contribution in [0.5, 0.6) is 0 Å². The standard InChI is InChI=1S/C15H19F2N3/c1-9(2)20-8-12(7-18-20)19-11(4)13-6-14(16)10(3)5-15(13)17/h5-9,11,19H,1-4H3. The minimum Gasteiger partial charge on any atom is -0.376 e. The van der Waals surface area contributed by atoms with Crippen LogP contribution in [0.15, 0.2) is 24.5 Å². The smallest absolute Gasteiger partial charge is 0.128 e. The van der Waals surface area contributed by atoms with Gasteiger partial charge >= 0.3 is 0 Å². The van der Waals surface area contributed by atoms with Gasteiger partial charge in [0.05, 0.1) is 17.9 Å². The highest BCUT2D eigenvalue weighted by molar-refractivity contribution is 5.42. The molecule has 5 heteroatoms. The van der Waals surface area contributed by atoms with E-state index >= 15 is 0 Å². The van der Waals surface area contributed by atoms with Crippen molar-refractivity contribution in [2.45, 2.75) is 39.8 Å². The van der Waals surface area contributed by atoms with Crippen LogP contribution in [0.2, 0.25) is 0 Å². The van der Waals surface area contributed by atoms with Gasteiger partial charge in [-0.3, -0.25) is 4.68 Å². The molecule has 0 aliphatic heterocycles. The van der Waals surface area contributed by atoms with Crippen LogP contribution in [0.3, 0.4) is 0 Å². The molecule has 1 aromatic heterocycles. The Morgan fingerprint density at radius 3 is 2.45 bits per heavy atom. The van der Waals surface area contributed by atoms with Gasteiger partial charge in [0.25, 0.3) is 0 Å². The number of rotatable bonds is 4. The maximum absolute atomic E-state index is 13.9. The van der Waals surface area contributed by atoms with E-state index in [0.29, 0.717) is 11.1 Å². The third-order valence-electron chi connectivity index (χ3n) is 3.26. The highest BCUT2D eigenvalue weighted by Gasteiger charge is 2.14. The summed E-state index contributed by atoms with van der Waals surface area (Å²) >= 11 is 0. The van der Waals surface area contributed by atoms with Crippen LogP contribution in [0.1, 0.15) is 44.0 Å². The molecule has 108 valence electrons. The van der Waals surface area contributed by atoms with Crippen LogP contribution in [0.4, 0.5) is 14.5 Å². The summed E-state index contributed by atoms with van der Waals surface area (Å²) in [6.07, 6.45) is 3.53. The van der Waals surface area contributed by atoms with Gasteiger partial charge < -0.3 is 5.32 Å². The molecule has 0 fully saturated rings. The van der Waals surface area contributed by atoms with Gasteiger partial charge in [-0.25, -0.2) is 8.78 Å². The fraction of sp³-hybridized carbons (Fsp3) is 0.400. The lowest BCUT2D eigenvalue weighted by atomic mass is 10.0. The molecule has 1 aromatic carbocycles. The SMILES string of the molecule is Cc1cc(F)c(C(C)Nc2cnn(C(C)C)c2)cc1F. The summed E-state index contributed by atoms with van der Waals surface area (Å²) in [5, 5.41) is 7.33. The Hall–Kier alpha value is -1.91. The molecule has 1 atom stereocenters. The van der Waals surface area contributed by atoms with Crippen LogP contribution in [0.25, 0.3) is 0 Å². The minimum atomic E-state index is -0.403. The summed E-state index contributed by atoms with van der Waals surface area (Å²) in [4.78, 5) is 0. The lowest BCUT2D eigenvalue weighted by molar-refractivity contribution is 0.532. The summed E-state index contributed by atoms with van der Waals surface area (Å²) in [5.41, 5.74) is 1.41. The van der Waals surface area contributed by atoms with E-state index in [1.54, 1.807) is 24.7 Å². The Labute approximate surface area is 117 Å². The zero-order valence-electron chi connectivity index (χ0n) is 12.1. The van der Waals surface area contributed by atoms with E-state index in [4.69, 9.17) is 0 Å². The van der Waals surface area contributed by atoms with E-state index in [1.165, 1.54) is 12.1 Å². The topological polar surface area (TPSA) is 29.9 Å². The first-order valence-corrected chi connectivity index (χ1v) is 6.64. The Balaban J connectivity index is 2.19. The largest absolute Gasteiger partial charge is 0.376 e. The molecule has 0 saturated heterocycles. The van der Waals surface area contributed by atoms with Gasteiger partial charge in [-0.1, -0.05) is 0 Å². The summed E-state index contributed by atoms with van der Waals surface area (Å²) in [6.45, 7) is 7.39. The summed E-state index contributed by atoms with van der Waals surface area (Å²) in [6, 6.07) is 2.39. The Morgan fingerprint density at radius 1 is 1.15 bits per heavy atom. The average Bonchev–Trinajstić information content (AvgIpc) is 2.82. The number of nitrogens with zero attached hydrogens (tertiary/aromatic N) is 2. The molecule has 0 saturated carbocycles. The summed E-state index contributed by atoms with van der Waals surface area (Å²) in [7, 11) is 0. The molecule has 0 aliphatic carbocycles. The molecule has 2 rings (SSSR count). The lowest BCUT2D eigenvalue weighted by Crippen LogP contribution is -2.09. The maximum Gasteiger partial charge on any atom is 0.128 e. The molecule has 0 bridgehead atoms. The predicted octanol–water partition coefficient (Wildman–Crippen LogP) is 4.22. The molecule has 20 heavy (non-hydrogen) atoms. The fourth-order valence-electron chi connectivity index (χ4n) is 2.02. The maximum atomic E-state index is 13.9. The second-order valence-electron chi connectivity index (χ2n) is 5.29. The van der Waals surface area contributed by atoms with Crippen LogP contribution in [-0.4, -0.2) is 9.78 Å². The Morgan fingerprint density at radius 2 is 1.85 bits per heavy atom. The van der Waals surface area contributed by atoms with Crippen molar-refractivity contribution in [1.82, 2.24) is 9.78 Å². The molecule has 1 N–H and O–H groups in total. The molecule has 0 spiro atoms. The van der Waals surface area contributed by atoms with Gasteiger partial charge in [0.15, 0.2) is 0 Å². The molecule has 1 unspecified atom stereocenters. The van der Waals surface area contributed by atoms with Crippen molar-refractivity contribution in [1.29, 1.82) is 0 Å². The zero-order chi connectivity index (χ0) is 14.9. The predicted molar refractivity (Wildman–Crippen MR) is 75.7 cm³/mol. The van der Waals surface area contributed by atoms with Crippen LogP contribution in [0, 0.1) is 18.6 Å². The van der Waals surface area contributed by atoms with Crippen molar-refractivity contribution < 1.29 is 8.78 Å². The number of hydrogen-bond acceptors (Lipinski definition) is 2. The van der Waals surface area contributed by atoms with E-state index in [9.17, 15) is 8.78 Å². The van der Waals surface area contributed by atoms with Crippen molar-refractivity contribution in [2.24, 2.45) is 0 Å². The summed E-state index contributed by atoms with van der Waals surface area (Å²) in [5.74, 6) is -0.798.